The molecule has 0 bridgehead atoms. The van der Waals surface area contributed by atoms with Crippen molar-refractivity contribution < 1.29 is 0 Å². The van der Waals surface area contributed by atoms with E-state index in [4.69, 9.17) is 4.98 Å². The molecule has 96 valence electrons. The highest BCUT2D eigenvalue weighted by Crippen LogP contribution is 2.33. The van der Waals surface area contributed by atoms with E-state index >= 15 is 0 Å². The summed E-state index contributed by atoms with van der Waals surface area (Å²) in [5.74, 6) is 1.12. The minimum Gasteiger partial charge on any atom is -0.315 e. The highest BCUT2D eigenvalue weighted by atomic mass is 32.2. The van der Waals surface area contributed by atoms with Crippen molar-refractivity contribution in [3.8, 4) is 0 Å². The Morgan fingerprint density at radius 2 is 2.18 bits per heavy atom. The highest BCUT2D eigenvalue weighted by Gasteiger charge is 2.16. The van der Waals surface area contributed by atoms with Gasteiger partial charge in [0.1, 0.15) is 5.01 Å². The number of nitrogens with one attached hydrogen (secondary N) is 1. The van der Waals surface area contributed by atoms with Gasteiger partial charge < -0.3 is 5.32 Å². The standard InChI is InChI=1S/C13H22N2S2/c1-3-11-12(8-14-2)17-13(15-11)9-16-10-6-4-5-7-10/h10,14H,3-9H2,1-2H3. The van der Waals surface area contributed by atoms with Crippen molar-refractivity contribution in [2.75, 3.05) is 7.05 Å². The number of rotatable bonds is 6. The molecule has 17 heavy (non-hydrogen) atoms. The van der Waals surface area contributed by atoms with Gasteiger partial charge in [0.15, 0.2) is 0 Å². The number of aryl methyl sites for hydroxylation is 1. The highest BCUT2D eigenvalue weighted by molar-refractivity contribution is 7.99. The van der Waals surface area contributed by atoms with Crippen LogP contribution in [0.25, 0.3) is 0 Å². The van der Waals surface area contributed by atoms with Crippen LogP contribution in [-0.2, 0) is 18.7 Å². The Hall–Kier alpha value is -0.0600. The fraction of sp³-hybridized carbons (Fsp3) is 0.769. The van der Waals surface area contributed by atoms with Crippen molar-refractivity contribution in [1.29, 1.82) is 0 Å². The lowest BCUT2D eigenvalue weighted by atomic mass is 10.3. The summed E-state index contributed by atoms with van der Waals surface area (Å²) in [5, 5.41) is 5.46. The summed E-state index contributed by atoms with van der Waals surface area (Å²) < 4.78 is 0. The molecule has 0 saturated heterocycles. The fourth-order valence-corrected chi connectivity index (χ4v) is 4.83. The minimum absolute atomic E-state index is 0.900. The number of aromatic nitrogens is 1. The minimum atomic E-state index is 0.900. The average Bonchev–Trinajstić information content (AvgIpc) is 2.95. The van der Waals surface area contributed by atoms with Gasteiger partial charge in [0.25, 0.3) is 0 Å². The molecule has 0 unspecified atom stereocenters. The van der Waals surface area contributed by atoms with Crippen LogP contribution in [0, 0.1) is 0 Å². The summed E-state index contributed by atoms with van der Waals surface area (Å²) in [5.41, 5.74) is 1.30. The van der Waals surface area contributed by atoms with E-state index in [1.807, 2.05) is 18.4 Å². The fourth-order valence-electron chi connectivity index (χ4n) is 2.32. The van der Waals surface area contributed by atoms with Crippen molar-refractivity contribution in [2.45, 2.75) is 56.6 Å². The van der Waals surface area contributed by atoms with Gasteiger partial charge in [-0.2, -0.15) is 11.8 Å². The predicted octanol–water partition coefficient (Wildman–Crippen LogP) is 3.60. The summed E-state index contributed by atoms with van der Waals surface area (Å²) in [6, 6.07) is 0. The molecule has 0 aliphatic heterocycles. The zero-order chi connectivity index (χ0) is 12.1. The quantitative estimate of drug-likeness (QED) is 0.855. The Bertz CT molecular complexity index is 343. The van der Waals surface area contributed by atoms with Crippen LogP contribution in [0.1, 0.15) is 48.2 Å². The van der Waals surface area contributed by atoms with Crippen molar-refractivity contribution in [1.82, 2.24) is 10.3 Å². The third-order valence-electron chi connectivity index (χ3n) is 3.24. The molecule has 0 atom stereocenters. The molecule has 2 rings (SSSR count). The van der Waals surface area contributed by atoms with Crippen LogP contribution in [0.4, 0.5) is 0 Å². The second kappa shape index (κ2) is 6.76. The summed E-state index contributed by atoms with van der Waals surface area (Å²) >= 11 is 4.01. The molecule has 1 aliphatic rings. The Morgan fingerprint density at radius 3 is 2.82 bits per heavy atom. The molecule has 4 heteroatoms. The predicted molar refractivity (Wildman–Crippen MR) is 77.8 cm³/mol. The van der Waals surface area contributed by atoms with Crippen LogP contribution in [-0.4, -0.2) is 17.3 Å². The smallest absolute Gasteiger partial charge is 0.103 e. The number of hydrogen-bond donors (Lipinski definition) is 1. The molecule has 1 aromatic rings. The monoisotopic (exact) mass is 270 g/mol. The molecule has 1 aliphatic carbocycles. The third-order valence-corrected chi connectivity index (χ3v) is 5.90. The van der Waals surface area contributed by atoms with Gasteiger partial charge in [0.05, 0.1) is 5.69 Å². The second-order valence-electron chi connectivity index (χ2n) is 4.58. The van der Waals surface area contributed by atoms with Crippen LogP contribution in [0.5, 0.6) is 0 Å². The van der Waals surface area contributed by atoms with Gasteiger partial charge in [-0.15, -0.1) is 11.3 Å². The molecule has 1 N–H and O–H groups in total. The molecular weight excluding hydrogens is 248 g/mol. The van der Waals surface area contributed by atoms with Gasteiger partial charge in [-0.1, -0.05) is 19.8 Å². The number of thiazole rings is 1. The topological polar surface area (TPSA) is 24.9 Å². The van der Waals surface area contributed by atoms with E-state index in [1.54, 1.807) is 0 Å². The van der Waals surface area contributed by atoms with E-state index in [-0.39, 0.29) is 0 Å². The van der Waals surface area contributed by atoms with E-state index in [2.05, 4.69) is 24.0 Å². The van der Waals surface area contributed by atoms with E-state index < -0.39 is 0 Å². The van der Waals surface area contributed by atoms with Gasteiger partial charge in [0.2, 0.25) is 0 Å². The van der Waals surface area contributed by atoms with E-state index in [0.29, 0.717) is 0 Å². The lowest BCUT2D eigenvalue weighted by Crippen LogP contribution is -2.05. The normalized spacial score (nSPS) is 16.8. The molecule has 0 aromatic carbocycles. The first-order valence-electron chi connectivity index (χ1n) is 6.57. The van der Waals surface area contributed by atoms with E-state index in [9.17, 15) is 0 Å². The maximum absolute atomic E-state index is 4.77. The molecule has 1 aromatic heterocycles. The molecular formula is C13H22N2S2. The first-order chi connectivity index (χ1) is 8.33. The Labute approximate surface area is 113 Å². The first kappa shape index (κ1) is 13.4. The zero-order valence-corrected chi connectivity index (χ0v) is 12.4. The van der Waals surface area contributed by atoms with Crippen molar-refractivity contribution >= 4 is 23.1 Å². The van der Waals surface area contributed by atoms with Gasteiger partial charge in [0, 0.05) is 22.4 Å². The largest absolute Gasteiger partial charge is 0.315 e. The van der Waals surface area contributed by atoms with Gasteiger partial charge >= 0.3 is 0 Å². The molecule has 1 saturated carbocycles. The van der Waals surface area contributed by atoms with Crippen LogP contribution in [0.3, 0.4) is 0 Å². The van der Waals surface area contributed by atoms with Crippen LogP contribution < -0.4 is 5.32 Å². The first-order valence-corrected chi connectivity index (χ1v) is 8.43. The van der Waals surface area contributed by atoms with Gasteiger partial charge in [-0.25, -0.2) is 4.98 Å². The zero-order valence-electron chi connectivity index (χ0n) is 10.8. The summed E-state index contributed by atoms with van der Waals surface area (Å²) in [7, 11) is 2.01. The lowest BCUT2D eigenvalue weighted by Gasteiger charge is -2.05. The van der Waals surface area contributed by atoms with Crippen LogP contribution in [0.2, 0.25) is 0 Å². The second-order valence-corrected chi connectivity index (χ2v) is 7.04. The molecule has 1 heterocycles. The Morgan fingerprint density at radius 1 is 1.41 bits per heavy atom. The van der Waals surface area contributed by atoms with Crippen molar-refractivity contribution in [2.24, 2.45) is 0 Å². The lowest BCUT2D eigenvalue weighted by molar-refractivity contribution is 0.814. The van der Waals surface area contributed by atoms with Crippen molar-refractivity contribution in [3.05, 3.63) is 15.6 Å². The summed E-state index contributed by atoms with van der Waals surface area (Å²) in [6.45, 7) is 3.16. The van der Waals surface area contributed by atoms with Crippen LogP contribution >= 0.6 is 23.1 Å². The van der Waals surface area contributed by atoms with Gasteiger partial charge in [-0.05, 0) is 26.3 Å². The Kier molecular flexibility index (Phi) is 5.32. The Balaban J connectivity index is 1.90. The average molecular weight is 270 g/mol. The van der Waals surface area contributed by atoms with Gasteiger partial charge in [-0.3, -0.25) is 0 Å². The molecule has 1 fully saturated rings. The van der Waals surface area contributed by atoms with Crippen LogP contribution in [0.15, 0.2) is 0 Å². The number of thioether (sulfide) groups is 1. The molecule has 0 spiro atoms. The molecule has 0 radical (unpaired) electrons. The number of hydrogen-bond acceptors (Lipinski definition) is 4. The number of nitrogens with zero attached hydrogens (tertiary/aromatic N) is 1. The maximum Gasteiger partial charge on any atom is 0.103 e. The van der Waals surface area contributed by atoms with Crippen molar-refractivity contribution in [3.63, 3.8) is 0 Å². The molecule has 2 nitrogen and oxygen atoms in total. The SMILES string of the molecule is CCc1nc(CSC2CCCC2)sc1CNC. The maximum atomic E-state index is 4.77. The summed E-state index contributed by atoms with van der Waals surface area (Å²) in [4.78, 5) is 6.19. The molecule has 0 amide bonds. The summed E-state index contributed by atoms with van der Waals surface area (Å²) in [6.07, 6.45) is 6.75. The van der Waals surface area contributed by atoms with E-state index in [0.717, 1.165) is 24.0 Å². The third kappa shape index (κ3) is 3.70. The van der Waals surface area contributed by atoms with E-state index in [1.165, 1.54) is 41.3 Å².